The maximum Gasteiger partial charge on any atom is 0.185 e. The van der Waals surface area contributed by atoms with Crippen LogP contribution < -0.4 is 0 Å². The number of carbonyl (C=O) groups excluding carboxylic acids is 1. The first-order valence-corrected chi connectivity index (χ1v) is 10.7. The molecule has 1 aliphatic carbocycles. The van der Waals surface area contributed by atoms with Gasteiger partial charge in [-0.1, -0.05) is 0 Å². The predicted octanol–water partition coefficient (Wildman–Crippen LogP) is 7.70. The van der Waals surface area contributed by atoms with Crippen LogP contribution in [-0.2, 0) is 4.79 Å². The van der Waals surface area contributed by atoms with Crippen LogP contribution in [0.5, 0.6) is 0 Å². The Bertz CT molecular complexity index is 1250. The molecule has 5 heteroatoms. The molecular formula is C28H20F2O3. The molecule has 2 aromatic carbocycles. The quantitative estimate of drug-likeness (QED) is 0.304. The monoisotopic (exact) mass is 442 g/mol. The van der Waals surface area contributed by atoms with Gasteiger partial charge in [-0.25, -0.2) is 8.78 Å². The number of benzene rings is 2. The van der Waals surface area contributed by atoms with Gasteiger partial charge < -0.3 is 8.83 Å². The summed E-state index contributed by atoms with van der Waals surface area (Å²) < 4.78 is 38.0. The third kappa shape index (κ3) is 4.62. The minimum absolute atomic E-state index is 0.0271. The zero-order chi connectivity index (χ0) is 22.8. The Morgan fingerprint density at radius 1 is 0.606 bits per heavy atom. The molecule has 0 saturated heterocycles. The van der Waals surface area contributed by atoms with Crippen molar-refractivity contribution >= 4 is 17.9 Å². The Hall–Kier alpha value is -3.99. The van der Waals surface area contributed by atoms with Gasteiger partial charge in [0.2, 0.25) is 0 Å². The van der Waals surface area contributed by atoms with E-state index in [4.69, 9.17) is 8.83 Å². The zero-order valence-electron chi connectivity index (χ0n) is 17.7. The highest BCUT2D eigenvalue weighted by atomic mass is 19.1. The van der Waals surface area contributed by atoms with Crippen LogP contribution in [0.2, 0.25) is 0 Å². The average Bonchev–Trinajstić information content (AvgIpc) is 3.48. The fraction of sp³-hybridized carbons (Fsp3) is 0.107. The topological polar surface area (TPSA) is 43.4 Å². The van der Waals surface area contributed by atoms with Crippen molar-refractivity contribution in [1.29, 1.82) is 0 Å². The van der Waals surface area contributed by atoms with Gasteiger partial charge in [-0.2, -0.15) is 0 Å². The maximum absolute atomic E-state index is 13.2. The molecule has 0 amide bonds. The normalized spacial score (nSPS) is 16.6. The summed E-state index contributed by atoms with van der Waals surface area (Å²) in [6.45, 7) is 0. The number of rotatable bonds is 4. The molecule has 0 aliphatic heterocycles. The van der Waals surface area contributed by atoms with Crippen molar-refractivity contribution in [3.8, 4) is 22.6 Å². The lowest BCUT2D eigenvalue weighted by Gasteiger charge is -2.15. The first kappa shape index (κ1) is 20.9. The molecular weight excluding hydrogens is 422 g/mol. The van der Waals surface area contributed by atoms with Gasteiger partial charge in [0.1, 0.15) is 34.7 Å². The molecule has 0 radical (unpaired) electrons. The first-order valence-electron chi connectivity index (χ1n) is 10.7. The Kier molecular flexibility index (Phi) is 5.61. The fourth-order valence-corrected chi connectivity index (χ4v) is 3.92. The van der Waals surface area contributed by atoms with Crippen molar-refractivity contribution in [2.24, 2.45) is 0 Å². The van der Waals surface area contributed by atoms with Crippen LogP contribution in [0.15, 0.2) is 92.8 Å². The van der Waals surface area contributed by atoms with Crippen LogP contribution in [0.1, 0.15) is 30.8 Å². The highest BCUT2D eigenvalue weighted by Gasteiger charge is 2.21. The molecule has 1 fully saturated rings. The average molecular weight is 442 g/mol. The molecule has 3 nitrogen and oxygen atoms in total. The van der Waals surface area contributed by atoms with E-state index in [9.17, 15) is 13.6 Å². The third-order valence-corrected chi connectivity index (χ3v) is 5.62. The van der Waals surface area contributed by atoms with E-state index >= 15 is 0 Å². The fourth-order valence-electron chi connectivity index (χ4n) is 3.92. The van der Waals surface area contributed by atoms with Gasteiger partial charge >= 0.3 is 0 Å². The van der Waals surface area contributed by atoms with Gasteiger partial charge in [0.25, 0.3) is 0 Å². The molecule has 2 heterocycles. The van der Waals surface area contributed by atoms with Crippen LogP contribution in [0.3, 0.4) is 0 Å². The molecule has 0 spiro atoms. The van der Waals surface area contributed by atoms with E-state index in [1.54, 1.807) is 48.6 Å². The number of hydrogen-bond acceptors (Lipinski definition) is 3. The number of Topliss-reactive ketones (excluding diaryl/α,β-unsaturated/α-hetero) is 1. The summed E-state index contributed by atoms with van der Waals surface area (Å²) in [6.07, 6.45) is 5.73. The van der Waals surface area contributed by atoms with Gasteiger partial charge in [0, 0.05) is 22.3 Å². The van der Waals surface area contributed by atoms with Gasteiger partial charge in [0.05, 0.1) is 0 Å². The molecule has 2 aromatic heterocycles. The lowest BCUT2D eigenvalue weighted by atomic mass is 9.88. The van der Waals surface area contributed by atoms with Crippen molar-refractivity contribution in [3.05, 3.63) is 107 Å². The van der Waals surface area contributed by atoms with E-state index in [2.05, 4.69) is 0 Å². The molecule has 0 N–H and O–H groups in total. The SMILES string of the molecule is O=C1/C(=C\c2ccc(-c3ccc(F)cc3)o2)CCC/C1=C/c1ccc(-c2ccc(F)cc2)o1. The van der Waals surface area contributed by atoms with Crippen molar-refractivity contribution < 1.29 is 22.4 Å². The summed E-state index contributed by atoms with van der Waals surface area (Å²) in [5.41, 5.74) is 2.90. The van der Waals surface area contributed by atoms with Crippen molar-refractivity contribution in [2.45, 2.75) is 19.3 Å². The van der Waals surface area contributed by atoms with Crippen LogP contribution in [0.25, 0.3) is 34.8 Å². The summed E-state index contributed by atoms with van der Waals surface area (Å²) in [4.78, 5) is 13.1. The van der Waals surface area contributed by atoms with Crippen molar-refractivity contribution in [2.75, 3.05) is 0 Å². The third-order valence-electron chi connectivity index (χ3n) is 5.62. The predicted molar refractivity (Wildman–Crippen MR) is 123 cm³/mol. The van der Waals surface area contributed by atoms with E-state index in [0.717, 1.165) is 17.5 Å². The van der Waals surface area contributed by atoms with E-state index in [-0.39, 0.29) is 17.4 Å². The van der Waals surface area contributed by atoms with Crippen LogP contribution >= 0.6 is 0 Å². The Morgan fingerprint density at radius 2 is 1.03 bits per heavy atom. The number of carbonyl (C=O) groups is 1. The summed E-state index contributed by atoms with van der Waals surface area (Å²) in [5.74, 6) is 1.75. The molecule has 33 heavy (non-hydrogen) atoms. The molecule has 0 unspecified atom stereocenters. The Morgan fingerprint density at radius 3 is 1.45 bits per heavy atom. The van der Waals surface area contributed by atoms with E-state index in [1.807, 2.05) is 12.1 Å². The molecule has 164 valence electrons. The summed E-state index contributed by atoms with van der Waals surface area (Å²) in [6, 6.07) is 19.4. The molecule has 5 rings (SSSR count). The number of ketones is 1. The maximum atomic E-state index is 13.2. The lowest BCUT2D eigenvalue weighted by Crippen LogP contribution is -2.12. The molecule has 1 aliphatic rings. The van der Waals surface area contributed by atoms with E-state index in [1.165, 1.54) is 24.3 Å². The Labute approximate surface area is 189 Å². The smallest absolute Gasteiger partial charge is 0.185 e. The molecule has 0 bridgehead atoms. The first-order chi connectivity index (χ1) is 16.0. The van der Waals surface area contributed by atoms with Gasteiger partial charge in [-0.05, 0) is 104 Å². The molecule has 0 atom stereocenters. The minimum atomic E-state index is -0.305. The largest absolute Gasteiger partial charge is 0.457 e. The molecule has 1 saturated carbocycles. The number of hydrogen-bond donors (Lipinski definition) is 0. The minimum Gasteiger partial charge on any atom is -0.457 e. The Balaban J connectivity index is 1.35. The second-order valence-electron chi connectivity index (χ2n) is 7.94. The summed E-state index contributed by atoms with van der Waals surface area (Å²) in [5, 5.41) is 0. The second kappa shape index (κ2) is 8.87. The zero-order valence-corrected chi connectivity index (χ0v) is 17.7. The number of halogens is 2. The summed E-state index contributed by atoms with van der Waals surface area (Å²) >= 11 is 0. The van der Waals surface area contributed by atoms with Gasteiger partial charge in [-0.15, -0.1) is 0 Å². The van der Waals surface area contributed by atoms with Crippen molar-refractivity contribution in [1.82, 2.24) is 0 Å². The lowest BCUT2D eigenvalue weighted by molar-refractivity contribution is -0.112. The van der Waals surface area contributed by atoms with Crippen LogP contribution in [-0.4, -0.2) is 5.78 Å². The highest BCUT2D eigenvalue weighted by Crippen LogP contribution is 2.31. The molecule has 4 aromatic rings. The van der Waals surface area contributed by atoms with Crippen LogP contribution in [0, 0.1) is 11.6 Å². The summed E-state index contributed by atoms with van der Waals surface area (Å²) in [7, 11) is 0. The van der Waals surface area contributed by atoms with E-state index < -0.39 is 0 Å². The van der Waals surface area contributed by atoms with E-state index in [0.29, 0.717) is 47.0 Å². The van der Waals surface area contributed by atoms with Gasteiger partial charge in [-0.3, -0.25) is 4.79 Å². The van der Waals surface area contributed by atoms with Crippen LogP contribution in [0.4, 0.5) is 8.78 Å². The number of furan rings is 2. The highest BCUT2D eigenvalue weighted by molar-refractivity contribution is 6.13. The van der Waals surface area contributed by atoms with Gasteiger partial charge in [0.15, 0.2) is 5.78 Å². The number of allylic oxidation sites excluding steroid dienone is 2. The second-order valence-corrected chi connectivity index (χ2v) is 7.94. The van der Waals surface area contributed by atoms with Crippen molar-refractivity contribution in [3.63, 3.8) is 0 Å². The standard InChI is InChI=1S/C28H20F2O3/c29-22-8-4-18(5-9-22)26-14-12-24(32-26)16-20-2-1-3-21(28(20)31)17-25-13-15-27(33-25)19-6-10-23(30)11-7-19/h4-17H,1-3H2/b20-16-,21-17-.